The zero-order valence-electron chi connectivity index (χ0n) is 11.8. The molecule has 19 heavy (non-hydrogen) atoms. The van der Waals surface area contributed by atoms with Gasteiger partial charge in [0.15, 0.2) is 6.29 Å². The van der Waals surface area contributed by atoms with Crippen LogP contribution in [0.3, 0.4) is 0 Å². The van der Waals surface area contributed by atoms with Crippen molar-refractivity contribution in [2.75, 3.05) is 0 Å². The maximum atomic E-state index is 12.3. The van der Waals surface area contributed by atoms with Gasteiger partial charge in [-0.3, -0.25) is 4.79 Å². The zero-order chi connectivity index (χ0) is 13.3. The van der Waals surface area contributed by atoms with E-state index in [1.807, 2.05) is 6.92 Å². The molecule has 3 unspecified atom stereocenters. The smallest absolute Gasteiger partial charge is 0.318 e. The molecule has 0 aliphatic heterocycles. The highest BCUT2D eigenvalue weighted by Gasteiger charge is 2.48. The van der Waals surface area contributed by atoms with Crippen LogP contribution in [0.15, 0.2) is 12.2 Å². The zero-order valence-corrected chi connectivity index (χ0v) is 11.8. The second-order valence-corrected chi connectivity index (χ2v) is 6.39. The summed E-state index contributed by atoms with van der Waals surface area (Å²) < 4.78 is 11.4. The largest absolute Gasteiger partial charge is 0.435 e. The van der Waals surface area contributed by atoms with Gasteiger partial charge < -0.3 is 9.47 Å². The molecule has 0 aromatic rings. The number of esters is 1. The molecule has 2 saturated carbocycles. The summed E-state index contributed by atoms with van der Waals surface area (Å²) in [5, 5.41) is 0. The van der Waals surface area contributed by atoms with Crippen LogP contribution >= 0.6 is 0 Å². The number of allylic oxidation sites excluding steroid dienone is 1. The summed E-state index contributed by atoms with van der Waals surface area (Å²) >= 11 is 0. The maximum Gasteiger partial charge on any atom is 0.318 e. The normalized spacial score (nSPS) is 35.5. The molecule has 0 heterocycles. The molecular weight excluding hydrogens is 240 g/mol. The van der Waals surface area contributed by atoms with E-state index in [0.717, 1.165) is 32.1 Å². The molecule has 3 nitrogen and oxygen atoms in total. The first-order valence-electron chi connectivity index (χ1n) is 7.74. The van der Waals surface area contributed by atoms with Crippen LogP contribution in [-0.2, 0) is 14.3 Å². The van der Waals surface area contributed by atoms with Gasteiger partial charge in [-0.05, 0) is 44.9 Å². The molecule has 3 aliphatic carbocycles. The van der Waals surface area contributed by atoms with Crippen molar-refractivity contribution in [1.82, 2.24) is 0 Å². The fraction of sp³-hybridized carbons (Fsp3) is 0.812. The van der Waals surface area contributed by atoms with Crippen molar-refractivity contribution in [3.8, 4) is 0 Å². The highest BCUT2D eigenvalue weighted by atomic mass is 16.7. The van der Waals surface area contributed by atoms with Gasteiger partial charge in [-0.1, -0.05) is 31.4 Å². The summed E-state index contributed by atoms with van der Waals surface area (Å²) in [6.07, 6.45) is 13.1. The molecule has 0 amide bonds. The number of rotatable bonds is 4. The summed E-state index contributed by atoms with van der Waals surface area (Å²) in [4.78, 5) is 12.3. The Morgan fingerprint density at radius 2 is 2.05 bits per heavy atom. The highest BCUT2D eigenvalue weighted by Crippen LogP contribution is 2.50. The molecule has 2 bridgehead atoms. The first-order valence-corrected chi connectivity index (χ1v) is 7.74. The molecule has 3 atom stereocenters. The van der Waals surface area contributed by atoms with E-state index in [0.29, 0.717) is 5.92 Å². The second-order valence-electron chi connectivity index (χ2n) is 6.39. The highest BCUT2D eigenvalue weighted by molar-refractivity contribution is 5.80. The summed E-state index contributed by atoms with van der Waals surface area (Å²) in [5.74, 6) is 0.522. The summed E-state index contributed by atoms with van der Waals surface area (Å²) in [6.45, 7) is 1.86. The van der Waals surface area contributed by atoms with Gasteiger partial charge in [0, 0.05) is 0 Å². The minimum absolute atomic E-state index is 0.0768. The number of hydrogen-bond donors (Lipinski definition) is 0. The third-order valence-electron chi connectivity index (χ3n) is 4.89. The van der Waals surface area contributed by atoms with E-state index in [1.54, 1.807) is 0 Å². The molecule has 0 spiro atoms. The van der Waals surface area contributed by atoms with Crippen molar-refractivity contribution >= 4 is 5.97 Å². The minimum Gasteiger partial charge on any atom is -0.435 e. The van der Waals surface area contributed by atoms with Gasteiger partial charge in [-0.2, -0.15) is 0 Å². The minimum atomic E-state index is -0.405. The van der Waals surface area contributed by atoms with Crippen LogP contribution in [0.25, 0.3) is 0 Å². The summed E-state index contributed by atoms with van der Waals surface area (Å²) in [6, 6.07) is 0. The van der Waals surface area contributed by atoms with Gasteiger partial charge in [0.2, 0.25) is 0 Å². The lowest BCUT2D eigenvalue weighted by molar-refractivity contribution is -0.195. The average Bonchev–Trinajstić information content (AvgIpc) is 3.01. The third kappa shape index (κ3) is 2.71. The van der Waals surface area contributed by atoms with Gasteiger partial charge in [0.05, 0.1) is 11.5 Å². The van der Waals surface area contributed by atoms with E-state index in [1.165, 1.54) is 19.3 Å². The Morgan fingerprint density at radius 3 is 2.63 bits per heavy atom. The molecule has 0 radical (unpaired) electrons. The van der Waals surface area contributed by atoms with E-state index >= 15 is 0 Å². The van der Waals surface area contributed by atoms with Crippen molar-refractivity contribution in [1.29, 1.82) is 0 Å². The lowest BCUT2D eigenvalue weighted by Crippen LogP contribution is -2.33. The quantitative estimate of drug-likeness (QED) is 0.442. The Bertz CT molecular complexity index is 370. The average molecular weight is 264 g/mol. The molecule has 0 aromatic heterocycles. The fourth-order valence-electron chi connectivity index (χ4n) is 3.77. The first kappa shape index (κ1) is 13.2. The second kappa shape index (κ2) is 5.28. The van der Waals surface area contributed by atoms with Gasteiger partial charge >= 0.3 is 5.97 Å². The predicted molar refractivity (Wildman–Crippen MR) is 72.4 cm³/mol. The number of carbonyl (C=O) groups excluding carboxylic acids is 1. The van der Waals surface area contributed by atoms with Gasteiger partial charge in [-0.15, -0.1) is 0 Å². The van der Waals surface area contributed by atoms with E-state index < -0.39 is 6.29 Å². The third-order valence-corrected chi connectivity index (χ3v) is 4.89. The van der Waals surface area contributed by atoms with Crippen LogP contribution in [-0.4, -0.2) is 18.4 Å². The Morgan fingerprint density at radius 1 is 1.26 bits per heavy atom. The molecule has 106 valence electrons. The van der Waals surface area contributed by atoms with Gasteiger partial charge in [0.1, 0.15) is 0 Å². The van der Waals surface area contributed by atoms with Crippen molar-refractivity contribution < 1.29 is 14.3 Å². The number of fused-ring (bicyclic) bond motifs is 2. The monoisotopic (exact) mass is 264 g/mol. The van der Waals surface area contributed by atoms with E-state index in [-0.39, 0.29) is 17.5 Å². The van der Waals surface area contributed by atoms with Crippen molar-refractivity contribution in [2.45, 2.75) is 70.7 Å². The maximum absolute atomic E-state index is 12.3. The van der Waals surface area contributed by atoms with E-state index in [9.17, 15) is 4.79 Å². The molecule has 3 heteroatoms. The molecule has 0 aromatic carbocycles. The van der Waals surface area contributed by atoms with E-state index in [4.69, 9.17) is 9.47 Å². The van der Waals surface area contributed by atoms with Crippen molar-refractivity contribution in [2.24, 2.45) is 11.3 Å². The van der Waals surface area contributed by atoms with Crippen LogP contribution in [0.4, 0.5) is 0 Å². The number of ether oxygens (including phenoxy) is 2. The Kier molecular flexibility index (Phi) is 3.66. The van der Waals surface area contributed by atoms with Crippen LogP contribution in [0.2, 0.25) is 0 Å². The first-order chi connectivity index (χ1) is 9.18. The SMILES string of the molecule is CC(OC(=O)C12C=CC(CC1)C2)OC1CCCCC1. The number of hydrogen-bond acceptors (Lipinski definition) is 3. The lowest BCUT2D eigenvalue weighted by Gasteiger charge is -2.28. The van der Waals surface area contributed by atoms with Crippen molar-refractivity contribution in [3.63, 3.8) is 0 Å². The van der Waals surface area contributed by atoms with Gasteiger partial charge in [0.25, 0.3) is 0 Å². The van der Waals surface area contributed by atoms with Gasteiger partial charge in [-0.25, -0.2) is 0 Å². The fourth-order valence-corrected chi connectivity index (χ4v) is 3.77. The predicted octanol–water partition coefficient (Wildman–Crippen LogP) is 3.58. The topological polar surface area (TPSA) is 35.5 Å². The summed E-state index contributed by atoms with van der Waals surface area (Å²) in [7, 11) is 0. The Balaban J connectivity index is 1.50. The lowest BCUT2D eigenvalue weighted by atomic mass is 9.88. The van der Waals surface area contributed by atoms with Crippen LogP contribution < -0.4 is 0 Å². The molecule has 0 N–H and O–H groups in total. The van der Waals surface area contributed by atoms with Crippen molar-refractivity contribution in [3.05, 3.63) is 12.2 Å². The van der Waals surface area contributed by atoms with Crippen LogP contribution in [0.5, 0.6) is 0 Å². The molecular formula is C16H24O3. The molecule has 0 saturated heterocycles. The van der Waals surface area contributed by atoms with Crippen LogP contribution in [0, 0.1) is 11.3 Å². The Labute approximate surface area is 115 Å². The Hall–Kier alpha value is -0.830. The number of carbonyl (C=O) groups is 1. The standard InChI is InChI=1S/C16H24O3/c1-12(18-14-5-3-2-4-6-14)19-15(17)16-9-7-13(11-16)8-10-16/h7,9,12-14H,2-6,8,10-11H2,1H3. The molecule has 3 rings (SSSR count). The molecule has 3 aliphatic rings. The van der Waals surface area contributed by atoms with Crippen LogP contribution in [0.1, 0.15) is 58.3 Å². The van der Waals surface area contributed by atoms with E-state index in [2.05, 4.69) is 12.2 Å². The summed E-state index contributed by atoms with van der Waals surface area (Å²) in [5.41, 5.74) is -0.325. The molecule has 2 fully saturated rings.